The van der Waals surface area contributed by atoms with Crippen LogP contribution in [-0.2, 0) is 24.8 Å². The molecule has 262 valence electrons. The smallest absolute Gasteiger partial charge is 0.333 e. The van der Waals surface area contributed by atoms with Gasteiger partial charge in [0, 0.05) is 18.3 Å². The molecule has 50 heavy (non-hydrogen) atoms. The lowest BCUT2D eigenvalue weighted by molar-refractivity contribution is -0.161. The molecule has 4 aromatic carbocycles. The maximum absolute atomic E-state index is 14.5. The average Bonchev–Trinajstić information content (AvgIpc) is 3.43. The Morgan fingerprint density at radius 1 is 0.880 bits per heavy atom. The minimum Gasteiger partial charge on any atom is -0.333 e. The van der Waals surface area contributed by atoms with Gasteiger partial charge in [-0.1, -0.05) is 86.1 Å². The van der Waals surface area contributed by atoms with Crippen LogP contribution in [0.5, 0.6) is 0 Å². The molecule has 6 nitrogen and oxygen atoms in total. The van der Waals surface area contributed by atoms with E-state index in [0.717, 1.165) is 17.0 Å². The molecule has 3 atom stereocenters. The molecular weight excluding hydrogens is 681 g/mol. The third kappa shape index (κ3) is 7.29. The summed E-state index contributed by atoms with van der Waals surface area (Å²) >= 11 is 0. The fraction of sp³-hybridized carbons (Fsp3) is 0.297. The molecule has 0 bridgehead atoms. The van der Waals surface area contributed by atoms with Crippen LogP contribution in [-0.4, -0.2) is 49.3 Å². The molecule has 13 heteroatoms. The summed E-state index contributed by atoms with van der Waals surface area (Å²) in [5, 5.41) is 3.08. The molecule has 2 aliphatic rings. The molecule has 6 rings (SSSR count). The molecule has 0 radical (unpaired) electrons. The fourth-order valence-corrected chi connectivity index (χ4v) is 8.33. The maximum Gasteiger partial charge on any atom is 0.416 e. The predicted molar refractivity (Wildman–Crippen MR) is 178 cm³/mol. The number of rotatable bonds is 10. The van der Waals surface area contributed by atoms with Crippen molar-refractivity contribution in [1.82, 2.24) is 10.2 Å². The van der Waals surface area contributed by atoms with E-state index in [1.165, 1.54) is 12.1 Å². The third-order valence-corrected chi connectivity index (χ3v) is 10.5. The predicted octanol–water partition coefficient (Wildman–Crippen LogP) is 8.79. The van der Waals surface area contributed by atoms with Crippen LogP contribution < -0.4 is 10.6 Å². The summed E-state index contributed by atoms with van der Waals surface area (Å²) in [6, 6.07) is 22.5. The fourth-order valence-electron chi connectivity index (χ4n) is 6.53. The second-order valence-corrected chi connectivity index (χ2v) is 13.5. The summed E-state index contributed by atoms with van der Waals surface area (Å²) in [5.74, 6) is -1.85. The van der Waals surface area contributed by atoms with Crippen molar-refractivity contribution in [2.24, 2.45) is 0 Å². The van der Waals surface area contributed by atoms with Gasteiger partial charge in [0.05, 0.1) is 18.1 Å². The van der Waals surface area contributed by atoms with Crippen LogP contribution in [0.15, 0.2) is 84.9 Å². The Hall–Kier alpha value is -4.25. The van der Waals surface area contributed by atoms with Crippen molar-refractivity contribution in [3.63, 3.8) is 0 Å². The zero-order valence-electron chi connectivity index (χ0n) is 26.9. The number of unbranched alkanes of at least 4 members (excludes halogenated alkanes) is 1. The highest BCUT2D eigenvalue weighted by Gasteiger charge is 2.44. The van der Waals surface area contributed by atoms with Crippen LogP contribution in [0.25, 0.3) is 33.4 Å². The van der Waals surface area contributed by atoms with Crippen LogP contribution in [0.2, 0.25) is 0 Å². The SMILES string of the molecule is CCCCN(CC(F)(F)F)C(=O)C1c2ccccc2-c2ccc(-c3ccccc3-c3ccc(C(F)(F)F)cc3)c(P3OCCC(NC=O)O3)c21. The lowest BCUT2D eigenvalue weighted by Crippen LogP contribution is -2.43. The van der Waals surface area contributed by atoms with Crippen molar-refractivity contribution in [2.45, 2.75) is 50.7 Å². The minimum absolute atomic E-state index is 0.0955. The first-order valence-electron chi connectivity index (χ1n) is 16.1. The summed E-state index contributed by atoms with van der Waals surface area (Å²) in [5.41, 5.74) is 3.70. The van der Waals surface area contributed by atoms with Gasteiger partial charge in [-0.3, -0.25) is 9.59 Å². The lowest BCUT2D eigenvalue weighted by Gasteiger charge is -2.33. The topological polar surface area (TPSA) is 67.9 Å². The molecule has 1 aliphatic carbocycles. The second kappa shape index (κ2) is 14.5. The first-order chi connectivity index (χ1) is 23.9. The molecule has 1 fully saturated rings. The normalized spacial score (nSPS) is 18.7. The Morgan fingerprint density at radius 2 is 1.54 bits per heavy atom. The Bertz CT molecular complexity index is 1860. The van der Waals surface area contributed by atoms with E-state index in [1.807, 2.05) is 25.1 Å². The molecule has 1 heterocycles. The Morgan fingerprint density at radius 3 is 2.20 bits per heavy atom. The highest BCUT2D eigenvalue weighted by Crippen LogP contribution is 2.54. The number of halogens is 6. The Balaban J connectivity index is 1.58. The molecule has 1 aliphatic heterocycles. The third-order valence-electron chi connectivity index (χ3n) is 8.77. The van der Waals surface area contributed by atoms with Gasteiger partial charge in [0.15, 0.2) is 0 Å². The van der Waals surface area contributed by atoms with Gasteiger partial charge in [-0.25, -0.2) is 0 Å². The van der Waals surface area contributed by atoms with Gasteiger partial charge in [0.25, 0.3) is 0 Å². The Kier molecular flexibility index (Phi) is 10.3. The number of fused-ring (bicyclic) bond motifs is 3. The van der Waals surface area contributed by atoms with Crippen molar-refractivity contribution in [2.75, 3.05) is 19.7 Å². The number of hydrogen-bond donors (Lipinski definition) is 1. The first-order valence-corrected chi connectivity index (χ1v) is 17.3. The number of hydrogen-bond acceptors (Lipinski definition) is 4. The number of nitrogens with zero attached hydrogens (tertiary/aromatic N) is 1. The largest absolute Gasteiger partial charge is 0.416 e. The van der Waals surface area contributed by atoms with E-state index in [0.29, 0.717) is 75.5 Å². The van der Waals surface area contributed by atoms with Gasteiger partial charge in [-0.2, -0.15) is 26.3 Å². The van der Waals surface area contributed by atoms with Gasteiger partial charge in [0.2, 0.25) is 20.7 Å². The number of amides is 2. The van der Waals surface area contributed by atoms with Crippen molar-refractivity contribution in [3.05, 3.63) is 102 Å². The van der Waals surface area contributed by atoms with Crippen LogP contribution in [0.3, 0.4) is 0 Å². The maximum atomic E-state index is 14.5. The van der Waals surface area contributed by atoms with Crippen molar-refractivity contribution >= 4 is 26.0 Å². The van der Waals surface area contributed by atoms with E-state index >= 15 is 0 Å². The summed E-state index contributed by atoms with van der Waals surface area (Å²) in [4.78, 5) is 26.8. The van der Waals surface area contributed by atoms with E-state index < -0.39 is 50.9 Å². The van der Waals surface area contributed by atoms with E-state index in [1.54, 1.807) is 42.5 Å². The summed E-state index contributed by atoms with van der Waals surface area (Å²) in [7, 11) is -2.04. The van der Waals surface area contributed by atoms with E-state index in [2.05, 4.69) is 5.32 Å². The van der Waals surface area contributed by atoms with Crippen LogP contribution in [0, 0.1) is 0 Å². The standard InChI is InChI=1S/C37H33F6N2O4P/c1-2-3-19-45(21-36(38,39)40)35(47)33-28-11-7-6-10-27(28)29-16-17-30(34(32(29)33)50-48-20-18-31(49-50)44-22-46)26-9-5-4-8-25(26)23-12-14-24(15-13-23)37(41,42)43/h4-17,22,31,33H,2-3,18-21H2,1H3,(H,44,46). The van der Waals surface area contributed by atoms with Gasteiger partial charge in [0.1, 0.15) is 12.8 Å². The molecule has 1 N–H and O–H groups in total. The van der Waals surface area contributed by atoms with Crippen LogP contribution >= 0.6 is 8.38 Å². The number of alkyl halides is 6. The van der Waals surface area contributed by atoms with Crippen LogP contribution in [0.1, 0.15) is 48.8 Å². The average molecular weight is 715 g/mol. The van der Waals surface area contributed by atoms with Gasteiger partial charge >= 0.3 is 12.4 Å². The number of benzene rings is 4. The number of carbonyl (C=O) groups excluding carboxylic acids is 2. The molecule has 0 aromatic heterocycles. The van der Waals surface area contributed by atoms with E-state index in [-0.39, 0.29) is 13.2 Å². The van der Waals surface area contributed by atoms with E-state index in [4.69, 9.17) is 9.05 Å². The molecule has 0 spiro atoms. The highest BCUT2D eigenvalue weighted by atomic mass is 31.2. The zero-order chi connectivity index (χ0) is 35.6. The lowest BCUT2D eigenvalue weighted by atomic mass is 9.89. The summed E-state index contributed by atoms with van der Waals surface area (Å²) < 4.78 is 94.5. The molecular formula is C37H33F6N2O4P. The van der Waals surface area contributed by atoms with Crippen LogP contribution in [0.4, 0.5) is 26.3 Å². The number of nitrogens with one attached hydrogen (secondary N) is 1. The van der Waals surface area contributed by atoms with E-state index in [9.17, 15) is 35.9 Å². The first kappa shape index (κ1) is 35.6. The van der Waals surface area contributed by atoms with Crippen molar-refractivity contribution < 1.29 is 45.0 Å². The minimum atomic E-state index is -4.64. The van der Waals surface area contributed by atoms with Gasteiger partial charge in [-0.05, 0) is 63.1 Å². The number of carbonyl (C=O) groups is 2. The highest BCUT2D eigenvalue weighted by molar-refractivity contribution is 7.56. The molecule has 4 aromatic rings. The summed E-state index contributed by atoms with van der Waals surface area (Å²) in [6.45, 7) is 0.503. The molecule has 2 amide bonds. The quantitative estimate of drug-likeness (QED) is 0.101. The monoisotopic (exact) mass is 714 g/mol. The Labute approximate surface area is 286 Å². The molecule has 0 saturated carbocycles. The zero-order valence-corrected chi connectivity index (χ0v) is 27.7. The van der Waals surface area contributed by atoms with Gasteiger partial charge in [-0.15, -0.1) is 0 Å². The van der Waals surface area contributed by atoms with Crippen molar-refractivity contribution in [1.29, 1.82) is 0 Å². The second-order valence-electron chi connectivity index (χ2n) is 12.1. The molecule has 1 saturated heterocycles. The summed E-state index contributed by atoms with van der Waals surface area (Å²) in [6.07, 6.45) is -8.10. The molecule has 3 unspecified atom stereocenters. The van der Waals surface area contributed by atoms with Gasteiger partial charge < -0.3 is 19.3 Å². The van der Waals surface area contributed by atoms with Crippen molar-refractivity contribution in [3.8, 4) is 33.4 Å².